The maximum atomic E-state index is 12.0. The molecule has 1 aliphatic rings. The van der Waals surface area contributed by atoms with Crippen LogP contribution in [-0.4, -0.2) is 11.7 Å². The third kappa shape index (κ3) is 3.29. The summed E-state index contributed by atoms with van der Waals surface area (Å²) < 4.78 is 0. The molecule has 4 rings (SSSR count). The first-order chi connectivity index (χ1) is 12.7. The van der Waals surface area contributed by atoms with E-state index in [1.54, 1.807) is 0 Å². The van der Waals surface area contributed by atoms with Crippen LogP contribution in [0.4, 0.5) is 0 Å². The van der Waals surface area contributed by atoms with Crippen molar-refractivity contribution in [1.29, 1.82) is 0 Å². The van der Waals surface area contributed by atoms with Crippen molar-refractivity contribution in [3.8, 4) is 11.1 Å². The van der Waals surface area contributed by atoms with Gasteiger partial charge in [0.2, 0.25) is 0 Å². The molecular formula is C23H19NO2. The minimum Gasteiger partial charge on any atom is -0.318 e. The van der Waals surface area contributed by atoms with E-state index in [1.807, 2.05) is 43.3 Å². The van der Waals surface area contributed by atoms with Gasteiger partial charge in [-0.25, -0.2) is 4.79 Å². The highest BCUT2D eigenvalue weighted by molar-refractivity contribution is 5.99. The molecule has 0 saturated carbocycles. The highest BCUT2D eigenvalue weighted by Gasteiger charge is 2.18. The van der Waals surface area contributed by atoms with Gasteiger partial charge in [0.25, 0.3) is 0 Å². The molecule has 0 fully saturated rings. The van der Waals surface area contributed by atoms with Gasteiger partial charge in [-0.15, -0.1) is 0 Å². The molecule has 0 unspecified atom stereocenters. The maximum Gasteiger partial charge on any atom is 0.339 e. The summed E-state index contributed by atoms with van der Waals surface area (Å²) in [6, 6.07) is 24.3. The molecule has 3 aromatic carbocycles. The van der Waals surface area contributed by atoms with Crippen LogP contribution in [0.5, 0.6) is 0 Å². The Kier molecular flexibility index (Phi) is 4.36. The number of carbonyl (C=O) groups is 1. The molecule has 0 radical (unpaired) electrons. The van der Waals surface area contributed by atoms with E-state index in [2.05, 4.69) is 41.6 Å². The Balaban J connectivity index is 1.47. The Morgan fingerprint density at radius 2 is 1.65 bits per heavy atom. The molecule has 0 aliphatic heterocycles. The molecule has 3 heteroatoms. The van der Waals surface area contributed by atoms with Gasteiger partial charge in [0.15, 0.2) is 0 Å². The number of fused-ring (bicyclic) bond motifs is 3. The quantitative estimate of drug-likeness (QED) is 0.305. The van der Waals surface area contributed by atoms with Crippen molar-refractivity contribution in [3.63, 3.8) is 0 Å². The van der Waals surface area contributed by atoms with E-state index in [-0.39, 0.29) is 12.4 Å². The number of carbonyl (C=O) groups excluding carboxylic acids is 1. The van der Waals surface area contributed by atoms with Crippen molar-refractivity contribution in [2.75, 3.05) is 0 Å². The molecule has 0 N–H and O–H groups in total. The summed E-state index contributed by atoms with van der Waals surface area (Å²) in [7, 11) is 0. The standard InChI is InChI=1S/C23H19NO2/c1-16(24-26-23(25)13-17-7-3-2-4-8-17)18-11-12-22-20(14-18)15-19-9-5-6-10-21(19)22/h2-12,14H,13,15H2,1H3. The van der Waals surface area contributed by atoms with Crippen LogP contribution < -0.4 is 0 Å². The molecule has 0 heterocycles. The summed E-state index contributed by atoms with van der Waals surface area (Å²) in [5, 5.41) is 4.03. The normalized spacial score (nSPS) is 12.4. The first-order valence-electron chi connectivity index (χ1n) is 8.70. The molecule has 3 nitrogen and oxygen atoms in total. The average molecular weight is 341 g/mol. The molecule has 0 atom stereocenters. The van der Waals surface area contributed by atoms with Crippen molar-refractivity contribution < 1.29 is 9.63 Å². The number of hydrogen-bond acceptors (Lipinski definition) is 3. The highest BCUT2D eigenvalue weighted by Crippen LogP contribution is 2.36. The van der Waals surface area contributed by atoms with Crippen LogP contribution in [0.2, 0.25) is 0 Å². The molecule has 0 aromatic heterocycles. The van der Waals surface area contributed by atoms with Crippen molar-refractivity contribution in [2.45, 2.75) is 19.8 Å². The largest absolute Gasteiger partial charge is 0.339 e. The SMILES string of the molecule is CC(=NOC(=O)Cc1ccccc1)c1ccc2c(c1)Cc1ccccc1-2. The van der Waals surface area contributed by atoms with E-state index in [4.69, 9.17) is 4.84 Å². The van der Waals surface area contributed by atoms with Crippen molar-refractivity contribution in [2.24, 2.45) is 5.16 Å². The zero-order valence-electron chi connectivity index (χ0n) is 14.6. The van der Waals surface area contributed by atoms with Gasteiger partial charge < -0.3 is 4.84 Å². The van der Waals surface area contributed by atoms with Crippen molar-refractivity contribution in [1.82, 2.24) is 0 Å². The summed E-state index contributed by atoms with van der Waals surface area (Å²) in [6.07, 6.45) is 1.15. The number of rotatable bonds is 4. The Bertz CT molecular complexity index is 990. The highest BCUT2D eigenvalue weighted by atomic mass is 16.7. The van der Waals surface area contributed by atoms with E-state index >= 15 is 0 Å². The van der Waals surface area contributed by atoms with E-state index < -0.39 is 0 Å². The summed E-state index contributed by atoms with van der Waals surface area (Å²) in [5.74, 6) is -0.357. The molecule has 3 aromatic rings. The fraction of sp³-hybridized carbons (Fsp3) is 0.130. The van der Waals surface area contributed by atoms with Gasteiger partial charge in [-0.1, -0.05) is 71.9 Å². The predicted octanol–water partition coefficient (Wildman–Crippen LogP) is 4.77. The molecule has 0 spiro atoms. The third-order valence-electron chi connectivity index (χ3n) is 4.69. The lowest BCUT2D eigenvalue weighted by molar-refractivity contribution is -0.142. The van der Waals surface area contributed by atoms with Gasteiger partial charge in [0, 0.05) is 0 Å². The molecule has 0 bridgehead atoms. The van der Waals surface area contributed by atoms with Gasteiger partial charge in [-0.2, -0.15) is 0 Å². The average Bonchev–Trinajstić information content (AvgIpc) is 3.04. The van der Waals surface area contributed by atoms with Gasteiger partial charge in [0.1, 0.15) is 0 Å². The van der Waals surface area contributed by atoms with Crippen LogP contribution in [0.1, 0.15) is 29.2 Å². The lowest BCUT2D eigenvalue weighted by atomic mass is 10.0. The minimum absolute atomic E-state index is 0.219. The van der Waals surface area contributed by atoms with Crippen LogP contribution in [0, 0.1) is 0 Å². The van der Waals surface area contributed by atoms with Crippen molar-refractivity contribution in [3.05, 3.63) is 95.1 Å². The molecule has 128 valence electrons. The Morgan fingerprint density at radius 1 is 0.923 bits per heavy atom. The van der Waals surface area contributed by atoms with Gasteiger partial charge >= 0.3 is 5.97 Å². The molecule has 26 heavy (non-hydrogen) atoms. The summed E-state index contributed by atoms with van der Waals surface area (Å²) in [5.41, 5.74) is 7.81. The molecular weight excluding hydrogens is 322 g/mol. The second kappa shape index (κ2) is 6.96. The van der Waals surface area contributed by atoms with Gasteiger partial charge in [0.05, 0.1) is 12.1 Å². The first-order valence-corrected chi connectivity index (χ1v) is 8.70. The Morgan fingerprint density at radius 3 is 2.50 bits per heavy atom. The summed E-state index contributed by atoms with van der Waals surface area (Å²) in [6.45, 7) is 1.86. The van der Waals surface area contributed by atoms with E-state index in [9.17, 15) is 4.79 Å². The molecule has 0 saturated heterocycles. The fourth-order valence-corrected chi connectivity index (χ4v) is 3.34. The van der Waals surface area contributed by atoms with Crippen LogP contribution in [0.15, 0.2) is 78.0 Å². The van der Waals surface area contributed by atoms with E-state index in [1.165, 1.54) is 22.3 Å². The number of hydrogen-bond donors (Lipinski definition) is 0. The Labute approximate surface area is 152 Å². The molecule has 1 aliphatic carbocycles. The molecule has 0 amide bonds. The topological polar surface area (TPSA) is 38.7 Å². The van der Waals surface area contributed by atoms with E-state index in [0.29, 0.717) is 5.71 Å². The lowest BCUT2D eigenvalue weighted by Gasteiger charge is -2.05. The zero-order valence-corrected chi connectivity index (χ0v) is 14.6. The lowest BCUT2D eigenvalue weighted by Crippen LogP contribution is -2.06. The van der Waals surface area contributed by atoms with E-state index in [0.717, 1.165) is 17.5 Å². The summed E-state index contributed by atoms with van der Waals surface area (Å²) in [4.78, 5) is 17.0. The van der Waals surface area contributed by atoms with Gasteiger partial charge in [-0.05, 0) is 52.8 Å². The number of oxime groups is 1. The zero-order chi connectivity index (χ0) is 17.9. The van der Waals surface area contributed by atoms with Crippen LogP contribution in [0.25, 0.3) is 11.1 Å². The smallest absolute Gasteiger partial charge is 0.318 e. The first kappa shape index (κ1) is 16.3. The van der Waals surface area contributed by atoms with Gasteiger partial charge in [-0.3, -0.25) is 0 Å². The second-order valence-corrected chi connectivity index (χ2v) is 6.51. The third-order valence-corrected chi connectivity index (χ3v) is 4.69. The monoisotopic (exact) mass is 341 g/mol. The minimum atomic E-state index is -0.357. The van der Waals surface area contributed by atoms with Crippen LogP contribution in [0.3, 0.4) is 0 Å². The number of benzene rings is 3. The van der Waals surface area contributed by atoms with Crippen LogP contribution in [-0.2, 0) is 22.5 Å². The predicted molar refractivity (Wildman–Crippen MR) is 103 cm³/mol. The maximum absolute atomic E-state index is 12.0. The Hall–Kier alpha value is -3.20. The summed E-state index contributed by atoms with van der Waals surface area (Å²) >= 11 is 0. The fourth-order valence-electron chi connectivity index (χ4n) is 3.34. The van der Waals surface area contributed by atoms with Crippen molar-refractivity contribution >= 4 is 11.7 Å². The van der Waals surface area contributed by atoms with Crippen LogP contribution >= 0.6 is 0 Å². The second-order valence-electron chi connectivity index (χ2n) is 6.51. The number of nitrogens with zero attached hydrogens (tertiary/aromatic N) is 1.